The number of carbonyl (C=O) groups is 2. The normalized spacial score (nSPS) is 14.4. The number of nitrogens with zero attached hydrogens (tertiary/aromatic N) is 2. The van der Waals surface area contributed by atoms with Gasteiger partial charge in [-0.05, 0) is 55.0 Å². The van der Waals surface area contributed by atoms with Crippen LogP contribution in [0.5, 0.6) is 11.5 Å². The first-order valence-electron chi connectivity index (χ1n) is 8.74. The van der Waals surface area contributed by atoms with Gasteiger partial charge in [-0.25, -0.2) is 5.43 Å². The number of nitriles is 1. The predicted molar refractivity (Wildman–Crippen MR) is 103 cm³/mol. The van der Waals surface area contributed by atoms with Crippen LogP contribution in [0.1, 0.15) is 34.4 Å². The van der Waals surface area contributed by atoms with E-state index in [1.807, 2.05) is 0 Å². The lowest BCUT2D eigenvalue weighted by Gasteiger charge is -2.09. The van der Waals surface area contributed by atoms with E-state index < -0.39 is 11.8 Å². The Morgan fingerprint density at radius 3 is 2.86 bits per heavy atom. The number of benzene rings is 1. The van der Waals surface area contributed by atoms with Crippen molar-refractivity contribution in [3.63, 3.8) is 0 Å². The van der Waals surface area contributed by atoms with Gasteiger partial charge in [0.2, 0.25) is 6.79 Å². The van der Waals surface area contributed by atoms with E-state index in [-0.39, 0.29) is 6.79 Å². The van der Waals surface area contributed by atoms with E-state index in [2.05, 4.69) is 21.9 Å². The van der Waals surface area contributed by atoms with E-state index in [0.717, 1.165) is 36.1 Å². The molecule has 0 spiro atoms. The summed E-state index contributed by atoms with van der Waals surface area (Å²) in [7, 11) is 0. The quantitative estimate of drug-likeness (QED) is 0.470. The molecule has 1 aliphatic carbocycles. The predicted octanol–water partition coefficient (Wildman–Crippen LogP) is 2.32. The lowest BCUT2D eigenvalue weighted by molar-refractivity contribution is -0.136. The topological polar surface area (TPSA) is 113 Å². The van der Waals surface area contributed by atoms with E-state index >= 15 is 0 Å². The molecule has 0 fully saturated rings. The molecule has 2 amide bonds. The van der Waals surface area contributed by atoms with E-state index in [9.17, 15) is 14.9 Å². The lowest BCUT2D eigenvalue weighted by Crippen LogP contribution is -2.32. The summed E-state index contributed by atoms with van der Waals surface area (Å²) in [5, 5.41) is 16.2. The van der Waals surface area contributed by atoms with Crippen molar-refractivity contribution in [2.75, 3.05) is 12.1 Å². The molecule has 1 aliphatic heterocycles. The van der Waals surface area contributed by atoms with Crippen molar-refractivity contribution >= 4 is 34.4 Å². The van der Waals surface area contributed by atoms with Crippen LogP contribution in [-0.4, -0.2) is 24.8 Å². The third-order valence-electron chi connectivity index (χ3n) is 4.49. The van der Waals surface area contributed by atoms with Crippen molar-refractivity contribution in [2.45, 2.75) is 25.7 Å². The SMILES string of the molecule is N#Cc1c(NC(=O)C(=O)N/N=C/c2ccc3c(c2)OCO3)sc2c1CCCC2. The number of rotatable bonds is 3. The number of hydrogen-bond donors (Lipinski definition) is 2. The zero-order valence-corrected chi connectivity index (χ0v) is 15.6. The Bertz CT molecular complexity index is 1020. The molecule has 9 heteroatoms. The average molecular weight is 396 g/mol. The summed E-state index contributed by atoms with van der Waals surface area (Å²) in [5.74, 6) is -0.531. The van der Waals surface area contributed by atoms with Gasteiger partial charge in [-0.3, -0.25) is 9.59 Å². The minimum absolute atomic E-state index is 0.170. The first kappa shape index (κ1) is 18.0. The highest BCUT2D eigenvalue weighted by molar-refractivity contribution is 7.16. The largest absolute Gasteiger partial charge is 0.454 e. The fourth-order valence-corrected chi connectivity index (χ4v) is 4.38. The summed E-state index contributed by atoms with van der Waals surface area (Å²) in [6.45, 7) is 0.170. The van der Waals surface area contributed by atoms with Crippen molar-refractivity contribution in [1.29, 1.82) is 5.26 Å². The molecule has 0 bridgehead atoms. The zero-order valence-electron chi connectivity index (χ0n) is 14.8. The highest BCUT2D eigenvalue weighted by atomic mass is 32.1. The molecule has 0 saturated heterocycles. The zero-order chi connectivity index (χ0) is 19.5. The number of ether oxygens (including phenoxy) is 2. The van der Waals surface area contributed by atoms with Gasteiger partial charge in [-0.1, -0.05) is 0 Å². The molecule has 2 aliphatic rings. The molecule has 28 heavy (non-hydrogen) atoms. The third kappa shape index (κ3) is 3.54. The van der Waals surface area contributed by atoms with Crippen LogP contribution in [0, 0.1) is 11.3 Å². The molecule has 0 unspecified atom stereocenters. The fourth-order valence-electron chi connectivity index (χ4n) is 3.14. The third-order valence-corrected chi connectivity index (χ3v) is 5.70. The molecule has 142 valence electrons. The van der Waals surface area contributed by atoms with Crippen LogP contribution in [0.25, 0.3) is 0 Å². The van der Waals surface area contributed by atoms with E-state index in [4.69, 9.17) is 9.47 Å². The number of carbonyl (C=O) groups excluding carboxylic acids is 2. The van der Waals surface area contributed by atoms with Crippen LogP contribution < -0.4 is 20.2 Å². The van der Waals surface area contributed by atoms with E-state index in [1.54, 1.807) is 18.2 Å². The monoisotopic (exact) mass is 396 g/mol. The number of anilines is 1. The van der Waals surface area contributed by atoms with Gasteiger partial charge in [-0.2, -0.15) is 10.4 Å². The van der Waals surface area contributed by atoms with Crippen LogP contribution >= 0.6 is 11.3 Å². The van der Waals surface area contributed by atoms with Crippen LogP contribution in [0.3, 0.4) is 0 Å². The van der Waals surface area contributed by atoms with Gasteiger partial charge in [-0.15, -0.1) is 11.3 Å². The summed E-state index contributed by atoms with van der Waals surface area (Å²) in [6, 6.07) is 7.35. The van der Waals surface area contributed by atoms with Gasteiger partial charge in [0.25, 0.3) is 0 Å². The number of amides is 2. The molecule has 0 atom stereocenters. The molecule has 2 aromatic rings. The summed E-state index contributed by atoms with van der Waals surface area (Å²) in [6.07, 6.45) is 5.23. The Kier molecular flexibility index (Phi) is 4.95. The molecular weight excluding hydrogens is 380 g/mol. The molecule has 8 nitrogen and oxygen atoms in total. The Morgan fingerprint density at radius 1 is 1.18 bits per heavy atom. The van der Waals surface area contributed by atoms with Gasteiger partial charge in [0, 0.05) is 4.88 Å². The first-order valence-corrected chi connectivity index (χ1v) is 9.56. The van der Waals surface area contributed by atoms with Gasteiger partial charge in [0.05, 0.1) is 11.8 Å². The van der Waals surface area contributed by atoms with E-state index in [0.29, 0.717) is 27.6 Å². The van der Waals surface area contributed by atoms with Gasteiger partial charge < -0.3 is 14.8 Å². The highest BCUT2D eigenvalue weighted by Crippen LogP contribution is 2.37. The minimum atomic E-state index is -0.910. The molecular formula is C19H16N4O4S. The smallest absolute Gasteiger partial charge is 0.329 e. The van der Waals surface area contributed by atoms with Crippen molar-refractivity contribution in [2.24, 2.45) is 5.10 Å². The standard InChI is InChI=1S/C19H16N4O4S/c20-8-13-12-3-1-2-4-16(12)28-19(13)22-17(24)18(25)23-21-9-11-5-6-14-15(7-11)27-10-26-14/h5-7,9H,1-4,10H2,(H,22,24)(H,23,25)/b21-9+. The second kappa shape index (κ2) is 7.70. The fraction of sp³-hybridized carbons (Fsp3) is 0.263. The number of hydrogen-bond acceptors (Lipinski definition) is 7. The van der Waals surface area contributed by atoms with Gasteiger partial charge >= 0.3 is 11.8 Å². The maximum absolute atomic E-state index is 12.2. The molecule has 2 heterocycles. The number of thiophene rings is 1. The van der Waals surface area contributed by atoms with Crippen molar-refractivity contribution in [3.8, 4) is 17.6 Å². The van der Waals surface area contributed by atoms with Crippen LogP contribution in [0.2, 0.25) is 0 Å². The maximum Gasteiger partial charge on any atom is 0.329 e. The first-order chi connectivity index (χ1) is 13.7. The Balaban J connectivity index is 1.38. The van der Waals surface area contributed by atoms with Crippen LogP contribution in [0.4, 0.5) is 5.00 Å². The van der Waals surface area contributed by atoms with Crippen molar-refractivity contribution < 1.29 is 19.1 Å². The highest BCUT2D eigenvalue weighted by Gasteiger charge is 2.23. The molecule has 0 radical (unpaired) electrons. The summed E-state index contributed by atoms with van der Waals surface area (Å²) in [5.41, 5.74) is 4.33. The number of nitrogens with one attached hydrogen (secondary N) is 2. The lowest BCUT2D eigenvalue weighted by atomic mass is 9.96. The molecule has 2 N–H and O–H groups in total. The molecule has 1 aromatic heterocycles. The second-order valence-electron chi connectivity index (χ2n) is 6.29. The second-order valence-corrected chi connectivity index (χ2v) is 7.40. The minimum Gasteiger partial charge on any atom is -0.454 e. The summed E-state index contributed by atoms with van der Waals surface area (Å²) < 4.78 is 10.5. The van der Waals surface area contributed by atoms with Crippen molar-refractivity contribution in [1.82, 2.24) is 5.43 Å². The van der Waals surface area contributed by atoms with Crippen molar-refractivity contribution in [3.05, 3.63) is 39.8 Å². The molecule has 4 rings (SSSR count). The summed E-state index contributed by atoms with van der Waals surface area (Å²) >= 11 is 1.37. The number of aryl methyl sites for hydroxylation is 1. The van der Waals surface area contributed by atoms with Crippen LogP contribution in [-0.2, 0) is 22.4 Å². The Hall–Kier alpha value is -3.38. The Morgan fingerprint density at radius 2 is 2.00 bits per heavy atom. The number of fused-ring (bicyclic) bond motifs is 2. The van der Waals surface area contributed by atoms with Crippen LogP contribution in [0.15, 0.2) is 23.3 Å². The average Bonchev–Trinajstić information content (AvgIpc) is 3.30. The maximum atomic E-state index is 12.2. The summed E-state index contributed by atoms with van der Waals surface area (Å²) in [4.78, 5) is 25.3. The van der Waals surface area contributed by atoms with Gasteiger partial charge in [0.15, 0.2) is 11.5 Å². The number of hydrazone groups is 1. The van der Waals surface area contributed by atoms with Gasteiger partial charge in [0.1, 0.15) is 11.1 Å². The molecule has 0 saturated carbocycles. The molecule has 1 aromatic carbocycles. The Labute approximate surface area is 164 Å². The van der Waals surface area contributed by atoms with E-state index in [1.165, 1.54) is 17.6 Å².